The van der Waals surface area contributed by atoms with E-state index in [0.29, 0.717) is 0 Å². The van der Waals surface area contributed by atoms with Crippen LogP contribution in [0, 0.1) is 0 Å². The molecule has 0 aliphatic carbocycles. The van der Waals surface area contributed by atoms with Crippen molar-refractivity contribution < 1.29 is 0 Å². The normalized spacial score (nSPS) is 13.9. The van der Waals surface area contributed by atoms with E-state index in [2.05, 4.69) is 248 Å². The molecule has 0 saturated heterocycles. The summed E-state index contributed by atoms with van der Waals surface area (Å²) in [5.41, 5.74) is 3.19. The van der Waals surface area contributed by atoms with Crippen LogP contribution in [-0.2, 0) is 5.54 Å². The van der Waals surface area contributed by atoms with Crippen molar-refractivity contribution in [2.75, 3.05) is 12.7 Å². The lowest BCUT2D eigenvalue weighted by Gasteiger charge is -2.39. The molecule has 1 aliphatic heterocycles. The smallest absolute Gasteiger partial charge is 0.195 e. The molecule has 0 aromatic heterocycles. The molecule has 8 aromatic rings. The molecule has 2 nitrogen and oxygen atoms in total. The molecule has 0 N–H and O–H groups in total. The topological polar surface area (TPSA) is 15.6 Å². The van der Waals surface area contributed by atoms with Gasteiger partial charge in [0, 0.05) is 0 Å². The third-order valence-electron chi connectivity index (χ3n) is 11.6. The van der Waals surface area contributed by atoms with E-state index < -0.39 is 20.1 Å². The fraction of sp³-hybridized carbons (Fsp3) is 0.0755. The van der Waals surface area contributed by atoms with Gasteiger partial charge in [0.05, 0.1) is 19.1 Å². The van der Waals surface area contributed by atoms with Crippen LogP contribution in [0.1, 0.15) is 17.5 Å². The summed E-state index contributed by atoms with van der Waals surface area (Å²) in [6, 6.07) is 89.7. The van der Waals surface area contributed by atoms with Gasteiger partial charge in [0.25, 0.3) is 0 Å². The average molecular weight is 773 g/mol. The van der Waals surface area contributed by atoms with Crippen molar-refractivity contribution in [3.05, 3.63) is 254 Å². The molecule has 9 rings (SSSR count). The van der Waals surface area contributed by atoms with Crippen LogP contribution in [0.4, 0.5) is 0 Å². The van der Waals surface area contributed by atoms with Crippen LogP contribution in [0.2, 0.25) is 0 Å². The number of nitrogens with zero attached hydrogens (tertiary/aromatic N) is 2. The van der Waals surface area contributed by atoms with Crippen molar-refractivity contribution in [1.29, 1.82) is 0 Å². The van der Waals surface area contributed by atoms with Gasteiger partial charge in [-0.05, 0) is 83.9 Å². The first-order valence-corrected chi connectivity index (χ1v) is 23.6. The highest BCUT2D eigenvalue weighted by Gasteiger charge is 2.59. The third kappa shape index (κ3) is 6.54. The Hall–Kier alpha value is -5.91. The largest absolute Gasteiger partial charge is 0.274 e. The Morgan fingerprint density at radius 3 is 0.965 bits per heavy atom. The Kier molecular flexibility index (Phi) is 10.5. The van der Waals surface area contributed by atoms with Crippen molar-refractivity contribution >= 4 is 51.8 Å². The van der Waals surface area contributed by atoms with E-state index in [0.717, 1.165) is 19.1 Å². The Bertz CT molecular complexity index is 2280. The number of hydrogen-bond acceptors (Lipinski definition) is 2. The Labute approximate surface area is 338 Å². The first-order chi connectivity index (χ1) is 28.3. The van der Waals surface area contributed by atoms with Crippen LogP contribution in [0.5, 0.6) is 0 Å². The molecule has 1 aliphatic rings. The Morgan fingerprint density at radius 2 is 0.649 bits per heavy atom. The molecule has 0 atom stereocenters. The predicted octanol–water partition coefficient (Wildman–Crippen LogP) is 9.94. The highest BCUT2D eigenvalue weighted by atomic mass is 31.2. The van der Waals surface area contributed by atoms with Crippen LogP contribution >= 0.6 is 14.5 Å². The summed E-state index contributed by atoms with van der Waals surface area (Å²) in [6.07, 6.45) is 1.66. The predicted molar refractivity (Wildman–Crippen MR) is 248 cm³/mol. The molecule has 0 unspecified atom stereocenters. The molecule has 0 spiro atoms. The van der Waals surface area contributed by atoms with Crippen LogP contribution < -0.4 is 31.8 Å². The van der Waals surface area contributed by atoms with Crippen LogP contribution in [0.3, 0.4) is 0 Å². The molecule has 0 saturated carbocycles. The van der Waals surface area contributed by atoms with Gasteiger partial charge in [-0.2, -0.15) is 0 Å². The summed E-state index contributed by atoms with van der Waals surface area (Å²) in [7, 11) is -4.66. The maximum absolute atomic E-state index is 6.10. The van der Waals surface area contributed by atoms with E-state index >= 15 is 0 Å². The molecule has 57 heavy (non-hydrogen) atoms. The maximum atomic E-state index is 6.10. The lowest BCUT2D eigenvalue weighted by atomic mass is 9.80. The lowest BCUT2D eigenvalue weighted by Crippen LogP contribution is -2.45. The summed E-state index contributed by atoms with van der Waals surface area (Å²) in [5, 5.41) is 16.7. The summed E-state index contributed by atoms with van der Waals surface area (Å²) < 4.78 is 0. The van der Waals surface area contributed by atoms with Gasteiger partial charge in [0.2, 0.25) is 0 Å². The van der Waals surface area contributed by atoms with Crippen molar-refractivity contribution in [2.24, 2.45) is 5.10 Å². The quantitative estimate of drug-likeness (QED) is 0.113. The highest BCUT2D eigenvalue weighted by Crippen LogP contribution is 2.63. The van der Waals surface area contributed by atoms with E-state index in [1.165, 1.54) is 48.4 Å². The second-order valence-corrected chi connectivity index (χ2v) is 21.6. The lowest BCUT2D eigenvalue weighted by molar-refractivity contribution is 0.165. The molecule has 1 heterocycles. The molecule has 0 bridgehead atoms. The Morgan fingerprint density at radius 1 is 0.368 bits per heavy atom. The molecule has 0 radical (unpaired) electrons. The zero-order valence-electron chi connectivity index (χ0n) is 32.0. The first kappa shape index (κ1) is 36.7. The molecule has 4 heteroatoms. The van der Waals surface area contributed by atoms with E-state index in [1.54, 1.807) is 0 Å². The van der Waals surface area contributed by atoms with E-state index in [9.17, 15) is 0 Å². The van der Waals surface area contributed by atoms with Crippen molar-refractivity contribution in [2.45, 2.75) is 12.0 Å². The second kappa shape index (κ2) is 16.3. The van der Waals surface area contributed by atoms with Gasteiger partial charge in [-0.15, -0.1) is 5.10 Å². The molecule has 8 aromatic carbocycles. The number of rotatable bonds is 12. The third-order valence-corrected chi connectivity index (χ3v) is 20.3. The summed E-state index contributed by atoms with van der Waals surface area (Å²) in [6.45, 7) is 0.748. The van der Waals surface area contributed by atoms with Crippen molar-refractivity contribution in [3.63, 3.8) is 0 Å². The van der Waals surface area contributed by atoms with Crippen LogP contribution in [0.25, 0.3) is 0 Å². The maximum Gasteiger partial charge on any atom is 0.195 e. The fourth-order valence-corrected chi connectivity index (χ4v) is 17.6. The fourth-order valence-electron chi connectivity index (χ4n) is 9.08. The van der Waals surface area contributed by atoms with Crippen molar-refractivity contribution in [3.8, 4) is 0 Å². The molecule has 0 amide bonds. The Balaban J connectivity index is 1.32. The first-order valence-electron chi connectivity index (χ1n) is 19.8. The SMILES string of the molecule is c1ccc(C2(c3ccccc3)CC([P+](c3ccccc3)(c3ccccc3)c3ccccc3)=NN2CC[P+](c2ccccc2)(c2ccccc2)c2ccccc2)cc1. The standard InChI is InChI=1S/C53H46N2P2/c1-9-25-44(26-10-1)53(45-27-11-2-12-28-45)43-52(57(49-35-19-6-20-36-49,50-37-21-7-22-38-50)51-39-23-8-24-40-51)54-55(53)41-42-56(46-29-13-3-14-30-46,47-31-15-4-16-32-47)48-33-17-5-18-34-48/h1-40H,41-43H2/q+2. The van der Waals surface area contributed by atoms with Gasteiger partial charge in [0.15, 0.2) is 12.7 Å². The van der Waals surface area contributed by atoms with Gasteiger partial charge in [-0.25, -0.2) is 0 Å². The number of hydrazone groups is 1. The zero-order valence-corrected chi connectivity index (χ0v) is 33.8. The molecular formula is C53H46N2P2+2. The minimum Gasteiger partial charge on any atom is -0.274 e. The second-order valence-electron chi connectivity index (χ2n) is 14.6. The van der Waals surface area contributed by atoms with Gasteiger partial charge >= 0.3 is 0 Å². The molecule has 276 valence electrons. The monoisotopic (exact) mass is 772 g/mol. The average Bonchev–Trinajstić information content (AvgIpc) is 3.70. The van der Waals surface area contributed by atoms with Gasteiger partial charge < -0.3 is 0 Å². The highest BCUT2D eigenvalue weighted by molar-refractivity contribution is 8.08. The van der Waals surface area contributed by atoms with E-state index in [1.807, 2.05) is 0 Å². The summed E-state index contributed by atoms with van der Waals surface area (Å²) in [5.74, 6) is 0. The number of hydrogen-bond donors (Lipinski definition) is 0. The van der Waals surface area contributed by atoms with Gasteiger partial charge in [-0.1, -0.05) is 170 Å². The van der Waals surface area contributed by atoms with Crippen molar-refractivity contribution in [1.82, 2.24) is 5.01 Å². The summed E-state index contributed by atoms with van der Waals surface area (Å²) >= 11 is 0. The van der Waals surface area contributed by atoms with E-state index in [-0.39, 0.29) is 0 Å². The zero-order chi connectivity index (χ0) is 38.4. The minimum atomic E-state index is -2.48. The number of benzene rings is 8. The summed E-state index contributed by atoms with van der Waals surface area (Å²) in [4.78, 5) is 0. The van der Waals surface area contributed by atoms with Crippen LogP contribution in [0.15, 0.2) is 248 Å². The molecule has 0 fully saturated rings. The minimum absolute atomic E-state index is 0.554. The van der Waals surface area contributed by atoms with Gasteiger partial charge in [0.1, 0.15) is 44.6 Å². The van der Waals surface area contributed by atoms with E-state index in [4.69, 9.17) is 5.10 Å². The van der Waals surface area contributed by atoms with Gasteiger partial charge in [-0.3, -0.25) is 5.01 Å². The molecular weight excluding hydrogens is 727 g/mol. The van der Waals surface area contributed by atoms with Crippen LogP contribution in [-0.4, -0.2) is 23.2 Å².